The van der Waals surface area contributed by atoms with E-state index in [1.54, 1.807) is 18.5 Å². The number of piperidine rings is 1. The smallest absolute Gasteiger partial charge is 0.222 e. The monoisotopic (exact) mass is 237 g/mol. The van der Waals surface area contributed by atoms with Crippen LogP contribution in [-0.2, 0) is 0 Å². The first-order valence-electron chi connectivity index (χ1n) is 5.92. The van der Waals surface area contributed by atoms with Gasteiger partial charge in [-0.05, 0) is 19.0 Å². The Morgan fingerprint density at radius 1 is 1.47 bits per heavy atom. The van der Waals surface area contributed by atoms with Crippen LogP contribution in [0.15, 0.2) is 18.5 Å². The van der Waals surface area contributed by atoms with Crippen LogP contribution in [0.3, 0.4) is 0 Å². The Labute approximate surface area is 101 Å². The molecule has 17 heavy (non-hydrogen) atoms. The molecule has 2 heterocycles. The first-order valence-corrected chi connectivity index (χ1v) is 5.92. The number of aliphatic hydroxyl groups excluding tert-OH is 1. The number of hydrogen-bond acceptors (Lipinski definition) is 6. The molecule has 4 N–H and O–H groups in total. The number of aromatic nitrogens is 2. The Balaban J connectivity index is 1.69. The average Bonchev–Trinajstić information content (AvgIpc) is 2.35. The van der Waals surface area contributed by atoms with Gasteiger partial charge in [-0.2, -0.15) is 0 Å². The van der Waals surface area contributed by atoms with Crippen molar-refractivity contribution >= 4 is 5.95 Å². The third-order valence-corrected chi connectivity index (χ3v) is 3.00. The highest BCUT2D eigenvalue weighted by Gasteiger charge is 2.23. The Kier molecular flexibility index (Phi) is 4.24. The molecule has 6 heteroatoms. The van der Waals surface area contributed by atoms with Crippen LogP contribution >= 0.6 is 0 Å². The quantitative estimate of drug-likeness (QED) is 0.641. The van der Waals surface area contributed by atoms with Gasteiger partial charge in [-0.3, -0.25) is 4.90 Å². The number of β-amino-alcohol motifs (C(OH)–C–C–N with tert-alkyl or cyclic N) is 1. The van der Waals surface area contributed by atoms with Gasteiger partial charge < -0.3 is 16.2 Å². The number of anilines is 1. The lowest BCUT2D eigenvalue weighted by Crippen LogP contribution is -2.51. The van der Waals surface area contributed by atoms with Gasteiger partial charge >= 0.3 is 0 Å². The van der Waals surface area contributed by atoms with Crippen molar-refractivity contribution in [3.05, 3.63) is 18.5 Å². The second-order valence-electron chi connectivity index (χ2n) is 4.32. The third kappa shape index (κ3) is 3.62. The van der Waals surface area contributed by atoms with Crippen molar-refractivity contribution in [2.75, 3.05) is 31.5 Å². The summed E-state index contributed by atoms with van der Waals surface area (Å²) in [4.78, 5) is 10.4. The molecule has 2 rings (SSSR count). The summed E-state index contributed by atoms with van der Waals surface area (Å²) in [6.45, 7) is 3.22. The predicted octanol–water partition coefficient (Wildman–Crippen LogP) is -0.718. The minimum absolute atomic E-state index is 0.0725. The van der Waals surface area contributed by atoms with Gasteiger partial charge in [0.25, 0.3) is 0 Å². The number of nitrogens with zero attached hydrogens (tertiary/aromatic N) is 3. The van der Waals surface area contributed by atoms with Crippen LogP contribution in [0.4, 0.5) is 5.95 Å². The summed E-state index contributed by atoms with van der Waals surface area (Å²) in [7, 11) is 0. The normalized spacial score (nSPS) is 25.8. The van der Waals surface area contributed by atoms with Crippen LogP contribution in [0.1, 0.15) is 6.42 Å². The summed E-state index contributed by atoms with van der Waals surface area (Å²) in [6, 6.07) is 1.71. The first kappa shape index (κ1) is 12.2. The van der Waals surface area contributed by atoms with Crippen LogP contribution in [0.2, 0.25) is 0 Å². The zero-order valence-electron chi connectivity index (χ0n) is 9.79. The van der Waals surface area contributed by atoms with Crippen molar-refractivity contribution < 1.29 is 5.11 Å². The molecular formula is C11H19N5O. The standard InChI is InChI=1S/C11H19N5O/c12-9-2-6-16(8-10(9)17)7-5-15-11-13-3-1-4-14-11/h1,3-4,9-10,17H,2,5-8,12H2,(H,13,14,15)/t9-,10-/m0/s1. The molecule has 0 saturated carbocycles. The molecule has 94 valence electrons. The van der Waals surface area contributed by atoms with E-state index >= 15 is 0 Å². The fourth-order valence-corrected chi connectivity index (χ4v) is 1.93. The van der Waals surface area contributed by atoms with Crippen molar-refractivity contribution in [3.8, 4) is 0 Å². The van der Waals surface area contributed by atoms with Gasteiger partial charge in [0.1, 0.15) is 0 Å². The van der Waals surface area contributed by atoms with E-state index < -0.39 is 6.10 Å². The zero-order chi connectivity index (χ0) is 12.1. The molecule has 1 aliphatic heterocycles. The SMILES string of the molecule is N[C@H]1CCN(CCNc2ncccn2)C[C@@H]1O. The lowest BCUT2D eigenvalue weighted by molar-refractivity contribution is 0.0556. The highest BCUT2D eigenvalue weighted by molar-refractivity contribution is 5.21. The van der Waals surface area contributed by atoms with Gasteiger partial charge in [0.15, 0.2) is 0 Å². The van der Waals surface area contributed by atoms with Gasteiger partial charge in [-0.15, -0.1) is 0 Å². The molecule has 0 aromatic carbocycles. The van der Waals surface area contributed by atoms with Gasteiger partial charge in [0.2, 0.25) is 5.95 Å². The average molecular weight is 237 g/mol. The Morgan fingerprint density at radius 2 is 2.24 bits per heavy atom. The molecule has 2 atom stereocenters. The molecular weight excluding hydrogens is 218 g/mol. The fraction of sp³-hybridized carbons (Fsp3) is 0.636. The van der Waals surface area contributed by atoms with Gasteiger partial charge in [0.05, 0.1) is 6.10 Å². The van der Waals surface area contributed by atoms with Crippen LogP contribution in [0, 0.1) is 0 Å². The van der Waals surface area contributed by atoms with E-state index in [2.05, 4.69) is 20.2 Å². The summed E-state index contributed by atoms with van der Waals surface area (Å²) >= 11 is 0. The van der Waals surface area contributed by atoms with E-state index in [1.165, 1.54) is 0 Å². The van der Waals surface area contributed by atoms with Gasteiger partial charge in [0, 0.05) is 38.1 Å². The Hall–Kier alpha value is -1.24. The van der Waals surface area contributed by atoms with E-state index in [9.17, 15) is 5.11 Å². The number of rotatable bonds is 4. The van der Waals surface area contributed by atoms with E-state index in [4.69, 9.17) is 5.73 Å². The van der Waals surface area contributed by atoms with E-state index in [0.29, 0.717) is 12.5 Å². The number of likely N-dealkylation sites (tertiary alicyclic amines) is 1. The minimum Gasteiger partial charge on any atom is -0.390 e. The molecule has 1 aromatic heterocycles. The third-order valence-electron chi connectivity index (χ3n) is 3.00. The van der Waals surface area contributed by atoms with Crippen LogP contribution in [0.5, 0.6) is 0 Å². The van der Waals surface area contributed by atoms with Crippen LogP contribution < -0.4 is 11.1 Å². The molecule has 1 fully saturated rings. The highest BCUT2D eigenvalue weighted by Crippen LogP contribution is 2.08. The molecule has 1 aliphatic rings. The van der Waals surface area contributed by atoms with Crippen molar-refractivity contribution in [3.63, 3.8) is 0 Å². The topological polar surface area (TPSA) is 87.3 Å². The fourth-order valence-electron chi connectivity index (χ4n) is 1.93. The van der Waals surface area contributed by atoms with E-state index in [-0.39, 0.29) is 6.04 Å². The molecule has 0 spiro atoms. The van der Waals surface area contributed by atoms with Crippen molar-refractivity contribution in [2.24, 2.45) is 5.73 Å². The number of hydrogen-bond donors (Lipinski definition) is 3. The maximum absolute atomic E-state index is 9.65. The molecule has 1 saturated heterocycles. The molecule has 1 aromatic rings. The molecule has 0 unspecified atom stereocenters. The summed E-state index contributed by atoms with van der Waals surface area (Å²) in [5, 5.41) is 12.8. The predicted molar refractivity (Wildman–Crippen MR) is 65.6 cm³/mol. The van der Waals surface area contributed by atoms with Crippen molar-refractivity contribution in [1.82, 2.24) is 14.9 Å². The number of aliphatic hydroxyl groups is 1. The summed E-state index contributed by atoms with van der Waals surface area (Å²) < 4.78 is 0. The lowest BCUT2D eigenvalue weighted by Gasteiger charge is -2.33. The Bertz CT molecular complexity index is 334. The number of nitrogens with one attached hydrogen (secondary N) is 1. The maximum atomic E-state index is 9.65. The Morgan fingerprint density at radius 3 is 2.94 bits per heavy atom. The minimum atomic E-state index is -0.406. The molecule has 0 bridgehead atoms. The highest BCUT2D eigenvalue weighted by atomic mass is 16.3. The molecule has 0 aliphatic carbocycles. The molecule has 0 radical (unpaired) electrons. The van der Waals surface area contributed by atoms with E-state index in [0.717, 1.165) is 26.1 Å². The summed E-state index contributed by atoms with van der Waals surface area (Å²) in [5.74, 6) is 0.641. The van der Waals surface area contributed by atoms with Crippen molar-refractivity contribution in [1.29, 1.82) is 0 Å². The molecule has 6 nitrogen and oxygen atoms in total. The van der Waals surface area contributed by atoms with Gasteiger partial charge in [-0.1, -0.05) is 0 Å². The van der Waals surface area contributed by atoms with E-state index in [1.807, 2.05) is 0 Å². The number of nitrogens with two attached hydrogens (primary N) is 1. The van der Waals surface area contributed by atoms with Gasteiger partial charge in [-0.25, -0.2) is 9.97 Å². The lowest BCUT2D eigenvalue weighted by atomic mass is 10.0. The molecule has 0 amide bonds. The maximum Gasteiger partial charge on any atom is 0.222 e. The first-order chi connectivity index (χ1) is 8.25. The largest absolute Gasteiger partial charge is 0.390 e. The van der Waals surface area contributed by atoms with Crippen LogP contribution in [-0.4, -0.2) is 58.3 Å². The second kappa shape index (κ2) is 5.90. The second-order valence-corrected chi connectivity index (χ2v) is 4.32. The zero-order valence-corrected chi connectivity index (χ0v) is 9.79. The van der Waals surface area contributed by atoms with Crippen molar-refractivity contribution in [2.45, 2.75) is 18.6 Å². The summed E-state index contributed by atoms with van der Waals surface area (Å²) in [6.07, 6.45) is 3.86. The summed E-state index contributed by atoms with van der Waals surface area (Å²) in [5.41, 5.74) is 5.75. The van der Waals surface area contributed by atoms with Crippen LogP contribution in [0.25, 0.3) is 0 Å².